The molecule has 1 amide bonds. The Hall–Kier alpha value is -2.55. The molecule has 0 saturated heterocycles. The van der Waals surface area contributed by atoms with Gasteiger partial charge in [0, 0.05) is 30.7 Å². The summed E-state index contributed by atoms with van der Waals surface area (Å²) in [7, 11) is -0.648. The number of aryl methyl sites for hydroxylation is 2. The fourth-order valence-corrected chi connectivity index (χ4v) is 4.23. The van der Waals surface area contributed by atoms with E-state index in [1.165, 1.54) is 37.6 Å². The molecule has 0 unspecified atom stereocenters. The van der Waals surface area contributed by atoms with E-state index in [0.717, 1.165) is 26.0 Å². The van der Waals surface area contributed by atoms with Gasteiger partial charge in [0.2, 0.25) is 10.0 Å². The molecule has 8 heteroatoms. The van der Waals surface area contributed by atoms with Crippen molar-refractivity contribution in [2.75, 3.05) is 19.4 Å². The zero-order valence-corrected chi connectivity index (χ0v) is 17.7. The van der Waals surface area contributed by atoms with Crippen molar-refractivity contribution in [3.05, 3.63) is 64.7 Å². The maximum atomic E-state index is 12.6. The van der Waals surface area contributed by atoms with Crippen LogP contribution in [0, 0.1) is 13.8 Å². The number of hydrogen-bond donors (Lipinski definition) is 1. The van der Waals surface area contributed by atoms with E-state index in [1.54, 1.807) is 18.4 Å². The Balaban J connectivity index is 1.85. The third-order valence-electron chi connectivity index (χ3n) is 4.27. The van der Waals surface area contributed by atoms with E-state index in [1.807, 2.05) is 31.2 Å². The molecule has 1 heterocycles. The van der Waals surface area contributed by atoms with Gasteiger partial charge in [0.05, 0.1) is 4.90 Å². The Kier molecular flexibility index (Phi) is 5.64. The zero-order valence-electron chi connectivity index (χ0n) is 16.1. The Morgan fingerprint density at radius 3 is 2.39 bits per heavy atom. The van der Waals surface area contributed by atoms with Crippen molar-refractivity contribution in [2.45, 2.75) is 18.7 Å². The summed E-state index contributed by atoms with van der Waals surface area (Å²) in [5.74, 6) is -0.378. The average Bonchev–Trinajstić information content (AvgIpc) is 3.14. The first-order valence-corrected chi connectivity index (χ1v) is 10.9. The maximum Gasteiger partial charge on any atom is 0.275 e. The number of carbonyl (C=O) groups excluding carboxylic acids is 1. The van der Waals surface area contributed by atoms with Crippen LogP contribution in [-0.4, -0.2) is 37.7 Å². The molecule has 1 aromatic heterocycles. The van der Waals surface area contributed by atoms with E-state index in [0.29, 0.717) is 11.4 Å². The van der Waals surface area contributed by atoms with Gasteiger partial charge in [0.25, 0.3) is 5.91 Å². The maximum absolute atomic E-state index is 12.6. The van der Waals surface area contributed by atoms with E-state index in [2.05, 4.69) is 10.3 Å². The molecule has 0 aliphatic rings. The highest BCUT2D eigenvalue weighted by Crippen LogP contribution is 2.26. The smallest absolute Gasteiger partial charge is 0.275 e. The van der Waals surface area contributed by atoms with Crippen molar-refractivity contribution in [3.8, 4) is 10.6 Å². The minimum atomic E-state index is -3.58. The molecule has 0 saturated carbocycles. The van der Waals surface area contributed by atoms with Gasteiger partial charge in [-0.3, -0.25) is 4.79 Å². The molecule has 0 radical (unpaired) electrons. The van der Waals surface area contributed by atoms with Crippen LogP contribution in [0.1, 0.15) is 21.6 Å². The molecule has 3 rings (SSSR count). The number of nitrogens with zero attached hydrogens (tertiary/aromatic N) is 2. The first-order chi connectivity index (χ1) is 13.2. The molecule has 0 atom stereocenters. The van der Waals surface area contributed by atoms with Gasteiger partial charge in [0.15, 0.2) is 0 Å². The Labute approximate surface area is 168 Å². The molecule has 146 valence electrons. The summed E-state index contributed by atoms with van der Waals surface area (Å²) >= 11 is 1.39. The first-order valence-electron chi connectivity index (χ1n) is 8.55. The number of benzene rings is 2. The van der Waals surface area contributed by atoms with Crippen LogP contribution in [-0.2, 0) is 10.0 Å². The van der Waals surface area contributed by atoms with Gasteiger partial charge in [-0.25, -0.2) is 17.7 Å². The number of nitrogens with one attached hydrogen (secondary N) is 1. The van der Waals surface area contributed by atoms with Gasteiger partial charge in [0.1, 0.15) is 10.7 Å². The molecule has 0 fully saturated rings. The first kappa shape index (κ1) is 20.2. The molecular weight excluding hydrogens is 394 g/mol. The van der Waals surface area contributed by atoms with Gasteiger partial charge in [-0.05, 0) is 31.5 Å². The number of aromatic nitrogens is 1. The fraction of sp³-hybridized carbons (Fsp3) is 0.200. The average molecular weight is 416 g/mol. The normalized spacial score (nSPS) is 11.6. The number of rotatable bonds is 5. The molecule has 3 aromatic rings. The third kappa shape index (κ3) is 4.14. The zero-order chi connectivity index (χ0) is 20.5. The van der Waals surface area contributed by atoms with E-state index >= 15 is 0 Å². The van der Waals surface area contributed by atoms with Crippen LogP contribution in [0.4, 0.5) is 5.69 Å². The predicted octanol–water partition coefficient (Wildman–Crippen LogP) is 3.93. The highest BCUT2D eigenvalue weighted by molar-refractivity contribution is 7.89. The highest BCUT2D eigenvalue weighted by atomic mass is 32.2. The number of sulfonamides is 1. The minimum absolute atomic E-state index is 0.122. The van der Waals surface area contributed by atoms with Crippen LogP contribution in [0.3, 0.4) is 0 Å². The summed E-state index contributed by atoms with van der Waals surface area (Å²) in [6.07, 6.45) is 0. The number of hydrogen-bond acceptors (Lipinski definition) is 5. The van der Waals surface area contributed by atoms with Crippen molar-refractivity contribution in [2.24, 2.45) is 0 Å². The van der Waals surface area contributed by atoms with Crippen molar-refractivity contribution < 1.29 is 13.2 Å². The summed E-state index contributed by atoms with van der Waals surface area (Å²) < 4.78 is 25.8. The number of anilines is 1. The SMILES string of the molecule is Cc1ccc(-c2nc(C(=O)Nc3cc(S(=O)(=O)N(C)C)ccc3C)cs2)cc1. The molecule has 0 aliphatic heterocycles. The summed E-state index contributed by atoms with van der Waals surface area (Å²) in [6, 6.07) is 12.6. The minimum Gasteiger partial charge on any atom is -0.320 e. The predicted molar refractivity (Wildman–Crippen MR) is 112 cm³/mol. The van der Waals surface area contributed by atoms with Crippen LogP contribution < -0.4 is 5.32 Å². The van der Waals surface area contributed by atoms with Gasteiger partial charge in [-0.15, -0.1) is 11.3 Å². The van der Waals surface area contributed by atoms with E-state index in [4.69, 9.17) is 0 Å². The lowest BCUT2D eigenvalue weighted by Gasteiger charge is -2.14. The Bertz CT molecular complexity index is 1120. The Morgan fingerprint density at radius 1 is 1.07 bits per heavy atom. The van der Waals surface area contributed by atoms with E-state index < -0.39 is 10.0 Å². The van der Waals surface area contributed by atoms with Crippen molar-refractivity contribution in [3.63, 3.8) is 0 Å². The van der Waals surface area contributed by atoms with E-state index in [9.17, 15) is 13.2 Å². The lowest BCUT2D eigenvalue weighted by atomic mass is 10.2. The Morgan fingerprint density at radius 2 is 1.75 bits per heavy atom. The fourth-order valence-electron chi connectivity index (χ4n) is 2.50. The second-order valence-electron chi connectivity index (χ2n) is 6.62. The number of carbonyl (C=O) groups is 1. The molecule has 0 spiro atoms. The highest BCUT2D eigenvalue weighted by Gasteiger charge is 2.19. The van der Waals surface area contributed by atoms with Crippen LogP contribution in [0.2, 0.25) is 0 Å². The summed E-state index contributed by atoms with van der Waals surface area (Å²) in [5, 5.41) is 5.22. The van der Waals surface area contributed by atoms with Gasteiger partial charge in [-0.2, -0.15) is 0 Å². The lowest BCUT2D eigenvalue weighted by Crippen LogP contribution is -2.22. The largest absolute Gasteiger partial charge is 0.320 e. The standard InChI is InChI=1S/C20H21N3O3S2/c1-13-5-8-15(9-6-13)20-22-18(12-27-20)19(24)21-17-11-16(10-7-14(17)2)28(25,26)23(3)4/h5-12H,1-4H3,(H,21,24). The number of amides is 1. The summed E-state index contributed by atoms with van der Waals surface area (Å²) in [5.41, 5.74) is 3.60. The molecule has 0 aliphatic carbocycles. The van der Waals surface area contributed by atoms with Gasteiger partial charge >= 0.3 is 0 Å². The quantitative estimate of drug-likeness (QED) is 0.685. The van der Waals surface area contributed by atoms with Gasteiger partial charge < -0.3 is 5.32 Å². The van der Waals surface area contributed by atoms with Crippen LogP contribution in [0.25, 0.3) is 10.6 Å². The van der Waals surface area contributed by atoms with Crippen molar-refractivity contribution in [1.82, 2.24) is 9.29 Å². The van der Waals surface area contributed by atoms with Crippen LogP contribution in [0.15, 0.2) is 52.7 Å². The van der Waals surface area contributed by atoms with Gasteiger partial charge in [-0.1, -0.05) is 35.9 Å². The molecular formula is C20H21N3O3S2. The number of thiazole rings is 1. The molecule has 6 nitrogen and oxygen atoms in total. The summed E-state index contributed by atoms with van der Waals surface area (Å²) in [6.45, 7) is 3.82. The summed E-state index contributed by atoms with van der Waals surface area (Å²) in [4.78, 5) is 17.2. The van der Waals surface area contributed by atoms with Crippen LogP contribution in [0.5, 0.6) is 0 Å². The molecule has 0 bridgehead atoms. The van der Waals surface area contributed by atoms with E-state index in [-0.39, 0.29) is 10.8 Å². The van der Waals surface area contributed by atoms with Crippen LogP contribution >= 0.6 is 11.3 Å². The molecule has 28 heavy (non-hydrogen) atoms. The molecule has 1 N–H and O–H groups in total. The monoisotopic (exact) mass is 415 g/mol. The van der Waals surface area contributed by atoms with Crippen molar-refractivity contribution >= 4 is 33.0 Å². The second kappa shape index (κ2) is 7.83. The second-order valence-corrected chi connectivity index (χ2v) is 9.63. The lowest BCUT2D eigenvalue weighted by molar-refractivity contribution is 0.102. The molecule has 2 aromatic carbocycles. The third-order valence-corrected chi connectivity index (χ3v) is 6.97. The van der Waals surface area contributed by atoms with Crippen molar-refractivity contribution in [1.29, 1.82) is 0 Å². The topological polar surface area (TPSA) is 79.4 Å².